The first-order valence-electron chi connectivity index (χ1n) is 7.41. The fourth-order valence-corrected chi connectivity index (χ4v) is 3.19. The highest BCUT2D eigenvalue weighted by Crippen LogP contribution is 2.16. The molecule has 1 aromatic rings. The minimum atomic E-state index is -1.08. The zero-order valence-electron chi connectivity index (χ0n) is 12.8. The van der Waals surface area contributed by atoms with Gasteiger partial charge in [-0.2, -0.15) is 0 Å². The Labute approximate surface area is 134 Å². The van der Waals surface area contributed by atoms with E-state index in [2.05, 4.69) is 5.32 Å². The molecule has 120 valence electrons. The first-order chi connectivity index (χ1) is 10.5. The Hall–Kier alpha value is -1.38. The molecule has 1 unspecified atom stereocenters. The van der Waals surface area contributed by atoms with Crippen molar-refractivity contribution in [2.45, 2.75) is 38.7 Å². The second-order valence-electron chi connectivity index (χ2n) is 5.36. The number of carbonyl (C=O) groups excluding carboxylic acids is 2. The average molecular weight is 324 g/mol. The van der Waals surface area contributed by atoms with Gasteiger partial charge in [-0.15, -0.1) is 11.3 Å². The Balaban J connectivity index is 1.91. The summed E-state index contributed by atoms with van der Waals surface area (Å²) in [5.74, 6) is -0.804. The molecule has 0 bridgehead atoms. The maximum absolute atomic E-state index is 11.9. The molecule has 0 saturated carbocycles. The first-order valence-corrected chi connectivity index (χ1v) is 8.29. The molecule has 1 aromatic heterocycles. The van der Waals surface area contributed by atoms with Crippen LogP contribution in [0.4, 0.5) is 0 Å². The smallest absolute Gasteiger partial charge is 0.426 e. The van der Waals surface area contributed by atoms with Crippen molar-refractivity contribution in [3.8, 4) is 0 Å². The molecular weight excluding hydrogens is 303 g/mol. The zero-order valence-corrected chi connectivity index (χ0v) is 13.6. The predicted molar refractivity (Wildman–Crippen MR) is 85.3 cm³/mol. The van der Waals surface area contributed by atoms with Gasteiger partial charge in [-0.3, -0.25) is 9.59 Å². The molecule has 1 aliphatic heterocycles. The highest BCUT2D eigenvalue weighted by atomic mass is 32.1. The molecule has 1 saturated heterocycles. The van der Waals surface area contributed by atoms with E-state index in [4.69, 9.17) is 4.65 Å². The summed E-state index contributed by atoms with van der Waals surface area (Å²) in [6, 6.07) is 3.80. The molecule has 22 heavy (non-hydrogen) atoms. The molecule has 0 aromatic carbocycles. The van der Waals surface area contributed by atoms with Gasteiger partial charge in [0.2, 0.25) is 11.8 Å². The van der Waals surface area contributed by atoms with Gasteiger partial charge in [0.05, 0.1) is 18.5 Å². The van der Waals surface area contributed by atoms with Gasteiger partial charge >= 0.3 is 7.12 Å². The Morgan fingerprint density at radius 2 is 2.36 bits per heavy atom. The zero-order chi connectivity index (χ0) is 16.1. The van der Waals surface area contributed by atoms with Gasteiger partial charge in [0, 0.05) is 24.9 Å². The summed E-state index contributed by atoms with van der Waals surface area (Å²) in [5.41, 5.74) is 0. The summed E-state index contributed by atoms with van der Waals surface area (Å²) in [6.07, 6.45) is 0.856. The van der Waals surface area contributed by atoms with Crippen molar-refractivity contribution in [1.82, 2.24) is 10.2 Å². The molecule has 0 aliphatic carbocycles. The Kier molecular flexibility index (Phi) is 5.99. The van der Waals surface area contributed by atoms with Crippen molar-refractivity contribution < 1.29 is 19.3 Å². The minimum absolute atomic E-state index is 0.127. The molecular formula is C14H21BN2O4S. The second kappa shape index (κ2) is 7.76. The molecule has 1 fully saturated rings. The molecule has 6 nitrogen and oxygen atoms in total. The molecule has 0 spiro atoms. The van der Waals surface area contributed by atoms with Gasteiger partial charge in [0.15, 0.2) is 0 Å². The molecule has 1 aliphatic rings. The van der Waals surface area contributed by atoms with Crippen molar-refractivity contribution in [3.05, 3.63) is 22.4 Å². The lowest BCUT2D eigenvalue weighted by molar-refractivity contribution is -0.134. The van der Waals surface area contributed by atoms with Gasteiger partial charge in [0.1, 0.15) is 0 Å². The summed E-state index contributed by atoms with van der Waals surface area (Å²) in [7, 11) is -1.08. The van der Waals surface area contributed by atoms with E-state index in [0.717, 1.165) is 11.3 Å². The van der Waals surface area contributed by atoms with Gasteiger partial charge in [0.25, 0.3) is 0 Å². The number of amides is 2. The highest BCUT2D eigenvalue weighted by Gasteiger charge is 2.41. The van der Waals surface area contributed by atoms with Crippen LogP contribution in [0.3, 0.4) is 0 Å². The van der Waals surface area contributed by atoms with Gasteiger partial charge in [-0.1, -0.05) is 13.0 Å². The second-order valence-corrected chi connectivity index (χ2v) is 6.39. The lowest BCUT2D eigenvalue weighted by Crippen LogP contribution is -2.62. The van der Waals surface area contributed by atoms with Crippen LogP contribution in [0.1, 0.15) is 25.1 Å². The summed E-state index contributed by atoms with van der Waals surface area (Å²) in [5, 5.41) is 14.8. The number of hydrogen-bond donors (Lipinski definition) is 2. The summed E-state index contributed by atoms with van der Waals surface area (Å²) >= 11 is 1.52. The first kappa shape index (κ1) is 17.0. The minimum Gasteiger partial charge on any atom is -0.426 e. The SMILES string of the molecule is CCC1CN(C(C)=O)[C@H](CNC(=O)Cc2cccs2)B(O)O1. The van der Waals surface area contributed by atoms with Crippen molar-refractivity contribution >= 4 is 30.3 Å². The Morgan fingerprint density at radius 3 is 2.95 bits per heavy atom. The van der Waals surface area contributed by atoms with Crippen molar-refractivity contribution in [2.24, 2.45) is 0 Å². The Morgan fingerprint density at radius 1 is 1.59 bits per heavy atom. The Bertz CT molecular complexity index is 511. The normalized spacial score (nSPS) is 21.8. The largest absolute Gasteiger partial charge is 0.480 e. The topological polar surface area (TPSA) is 78.9 Å². The number of thiophene rings is 1. The number of carbonyl (C=O) groups is 2. The number of nitrogens with zero attached hydrogens (tertiary/aromatic N) is 1. The molecule has 0 radical (unpaired) electrons. The van der Waals surface area contributed by atoms with E-state index in [0.29, 0.717) is 13.0 Å². The van der Waals surface area contributed by atoms with Crippen LogP contribution in [0.2, 0.25) is 0 Å². The molecule has 2 heterocycles. The van der Waals surface area contributed by atoms with Gasteiger partial charge < -0.3 is 19.9 Å². The van der Waals surface area contributed by atoms with E-state index in [1.807, 2.05) is 24.4 Å². The van der Waals surface area contributed by atoms with Crippen molar-refractivity contribution in [3.63, 3.8) is 0 Å². The highest BCUT2D eigenvalue weighted by molar-refractivity contribution is 7.10. The van der Waals surface area contributed by atoms with Crippen molar-refractivity contribution in [2.75, 3.05) is 13.1 Å². The monoisotopic (exact) mass is 324 g/mol. The summed E-state index contributed by atoms with van der Waals surface area (Å²) in [4.78, 5) is 26.2. The van der Waals surface area contributed by atoms with Crippen LogP contribution < -0.4 is 5.32 Å². The average Bonchev–Trinajstić information content (AvgIpc) is 2.97. The fourth-order valence-electron chi connectivity index (χ4n) is 2.49. The lowest BCUT2D eigenvalue weighted by atomic mass is 9.75. The number of nitrogens with one attached hydrogen (secondary N) is 1. The molecule has 2 rings (SSSR count). The van der Waals surface area contributed by atoms with E-state index in [-0.39, 0.29) is 24.5 Å². The maximum Gasteiger partial charge on any atom is 0.480 e. The third kappa shape index (κ3) is 4.31. The van der Waals surface area contributed by atoms with E-state index in [9.17, 15) is 14.6 Å². The van der Waals surface area contributed by atoms with E-state index >= 15 is 0 Å². The summed E-state index contributed by atoms with van der Waals surface area (Å²) in [6.45, 7) is 4.03. The third-order valence-electron chi connectivity index (χ3n) is 3.74. The standard InChI is InChI=1S/C14H21BN2O4S/c1-3-11-9-17(10(2)18)13(15(20)21-11)8-16-14(19)7-12-5-4-6-22-12/h4-6,11,13,20H,3,7-9H2,1-2H3,(H,16,19)/t11?,13-/m1/s1. The molecule has 2 N–H and O–H groups in total. The van der Waals surface area contributed by atoms with E-state index < -0.39 is 13.1 Å². The van der Waals surface area contributed by atoms with Crippen LogP contribution in [-0.4, -0.2) is 54.0 Å². The maximum atomic E-state index is 11.9. The quantitative estimate of drug-likeness (QED) is 0.771. The van der Waals surface area contributed by atoms with Crippen LogP contribution in [0.25, 0.3) is 0 Å². The fraction of sp³-hybridized carbons (Fsp3) is 0.571. The van der Waals surface area contributed by atoms with Crippen LogP contribution in [0.15, 0.2) is 17.5 Å². The van der Waals surface area contributed by atoms with Gasteiger partial charge in [-0.25, -0.2) is 0 Å². The van der Waals surface area contributed by atoms with Crippen LogP contribution in [0, 0.1) is 0 Å². The molecule has 2 amide bonds. The lowest BCUT2D eigenvalue weighted by Gasteiger charge is -2.40. The summed E-state index contributed by atoms with van der Waals surface area (Å²) < 4.78 is 5.48. The molecule has 2 atom stereocenters. The van der Waals surface area contributed by atoms with Crippen LogP contribution in [0.5, 0.6) is 0 Å². The van der Waals surface area contributed by atoms with E-state index in [1.165, 1.54) is 18.3 Å². The predicted octanol–water partition coefficient (Wildman–Crippen LogP) is 0.452. The third-order valence-corrected chi connectivity index (χ3v) is 4.62. The van der Waals surface area contributed by atoms with Gasteiger partial charge in [-0.05, 0) is 17.9 Å². The number of rotatable bonds is 5. The van der Waals surface area contributed by atoms with E-state index in [1.54, 1.807) is 4.90 Å². The van der Waals surface area contributed by atoms with Crippen molar-refractivity contribution in [1.29, 1.82) is 0 Å². The molecule has 8 heteroatoms. The van der Waals surface area contributed by atoms with Crippen LogP contribution in [-0.2, 0) is 20.7 Å². The van der Waals surface area contributed by atoms with Crippen LogP contribution >= 0.6 is 11.3 Å². The number of hydrogen-bond acceptors (Lipinski definition) is 5.